The van der Waals surface area contributed by atoms with Crippen molar-refractivity contribution in [1.29, 1.82) is 0 Å². The summed E-state index contributed by atoms with van der Waals surface area (Å²) in [5, 5.41) is 11.3. The lowest BCUT2D eigenvalue weighted by atomic mass is 10.0. The van der Waals surface area contributed by atoms with Crippen molar-refractivity contribution >= 4 is 5.65 Å². The van der Waals surface area contributed by atoms with Crippen LogP contribution < -0.4 is 4.74 Å². The number of hydrogen-bond donors (Lipinski definition) is 1. The van der Waals surface area contributed by atoms with Crippen molar-refractivity contribution in [2.75, 3.05) is 0 Å². The van der Waals surface area contributed by atoms with Crippen molar-refractivity contribution in [1.82, 2.24) is 29.7 Å². The highest BCUT2D eigenvalue weighted by Gasteiger charge is 2.30. The van der Waals surface area contributed by atoms with Crippen LogP contribution >= 0.6 is 0 Å². The van der Waals surface area contributed by atoms with E-state index in [1.807, 2.05) is 28.8 Å². The summed E-state index contributed by atoms with van der Waals surface area (Å²) < 4.78 is 28.5. The van der Waals surface area contributed by atoms with Crippen LogP contribution in [0, 0.1) is 5.82 Å². The second-order valence-electron chi connectivity index (χ2n) is 9.34. The molecule has 9 heteroatoms. The first-order valence-corrected chi connectivity index (χ1v) is 12.0. The van der Waals surface area contributed by atoms with Crippen LogP contribution in [-0.2, 0) is 0 Å². The number of benzene rings is 1. The average molecular weight is 471 g/mol. The van der Waals surface area contributed by atoms with Crippen molar-refractivity contribution in [3.63, 3.8) is 0 Å². The summed E-state index contributed by atoms with van der Waals surface area (Å²) in [5.74, 6) is 1.78. The zero-order chi connectivity index (χ0) is 23.4. The second kappa shape index (κ2) is 8.04. The molecule has 0 saturated heterocycles. The minimum Gasteiger partial charge on any atom is -0.490 e. The van der Waals surface area contributed by atoms with Crippen LogP contribution in [0.25, 0.3) is 39.5 Å². The lowest BCUT2D eigenvalue weighted by Gasteiger charge is -2.14. The van der Waals surface area contributed by atoms with E-state index in [2.05, 4.69) is 25.3 Å². The van der Waals surface area contributed by atoms with E-state index in [0.29, 0.717) is 34.6 Å². The van der Waals surface area contributed by atoms with Gasteiger partial charge >= 0.3 is 0 Å². The van der Waals surface area contributed by atoms with E-state index < -0.39 is 0 Å². The van der Waals surface area contributed by atoms with Crippen molar-refractivity contribution in [2.45, 2.75) is 50.5 Å². The predicted octanol–water partition coefficient (Wildman–Crippen LogP) is 5.78. The topological polar surface area (TPSA) is 94.1 Å². The minimum absolute atomic E-state index is 0.179. The highest BCUT2D eigenvalue weighted by molar-refractivity contribution is 5.81. The number of halogens is 1. The summed E-state index contributed by atoms with van der Waals surface area (Å²) in [5.41, 5.74) is 4.17. The molecule has 0 radical (unpaired) electrons. The summed E-state index contributed by atoms with van der Waals surface area (Å²) in [6.07, 6.45) is 12.1. The third-order valence-corrected chi connectivity index (χ3v) is 6.87. The maximum absolute atomic E-state index is 15.2. The Morgan fingerprint density at radius 3 is 2.74 bits per heavy atom. The van der Waals surface area contributed by atoms with Crippen LogP contribution in [0.2, 0.25) is 0 Å². The summed E-state index contributed by atoms with van der Waals surface area (Å²) in [6, 6.07) is 8.89. The van der Waals surface area contributed by atoms with Gasteiger partial charge in [0.15, 0.2) is 0 Å². The number of aromatic nitrogens is 6. The van der Waals surface area contributed by atoms with Gasteiger partial charge in [0, 0.05) is 34.9 Å². The number of fused-ring (bicyclic) bond motifs is 1. The van der Waals surface area contributed by atoms with Crippen LogP contribution in [0.15, 0.2) is 53.4 Å². The van der Waals surface area contributed by atoms with E-state index in [9.17, 15) is 0 Å². The molecule has 2 saturated carbocycles. The maximum atomic E-state index is 15.2. The van der Waals surface area contributed by atoms with Gasteiger partial charge in [0.1, 0.15) is 22.9 Å². The molecular weight excluding hydrogens is 447 g/mol. The molecular formula is C26H23FN6O2. The number of aromatic amines is 1. The van der Waals surface area contributed by atoms with Gasteiger partial charge in [-0.25, -0.2) is 9.37 Å². The van der Waals surface area contributed by atoms with E-state index in [1.165, 1.54) is 18.9 Å². The highest BCUT2D eigenvalue weighted by atomic mass is 19.1. The molecule has 2 fully saturated rings. The van der Waals surface area contributed by atoms with Gasteiger partial charge < -0.3 is 9.26 Å². The molecule has 0 atom stereocenters. The molecule has 2 aliphatic rings. The number of pyridine rings is 1. The molecule has 1 N–H and O–H groups in total. The Hall–Kier alpha value is -4.01. The number of hydrogen-bond acceptors (Lipinski definition) is 6. The molecule has 2 aliphatic carbocycles. The Morgan fingerprint density at radius 1 is 1.03 bits per heavy atom. The number of rotatable bonds is 6. The Labute approximate surface area is 200 Å². The van der Waals surface area contributed by atoms with Gasteiger partial charge in [0.05, 0.1) is 24.2 Å². The molecule has 8 nitrogen and oxygen atoms in total. The summed E-state index contributed by atoms with van der Waals surface area (Å²) in [7, 11) is 0. The van der Waals surface area contributed by atoms with Crippen molar-refractivity contribution in [3.05, 3.63) is 60.6 Å². The van der Waals surface area contributed by atoms with Crippen molar-refractivity contribution in [3.8, 4) is 39.7 Å². The maximum Gasteiger partial charge on any atom is 0.230 e. The molecule has 0 unspecified atom stereocenters. The molecule has 0 amide bonds. The van der Waals surface area contributed by atoms with Crippen LogP contribution in [-0.4, -0.2) is 35.8 Å². The van der Waals surface area contributed by atoms with Gasteiger partial charge in [-0.05, 0) is 62.8 Å². The average Bonchev–Trinajstić information content (AvgIpc) is 3.32. The zero-order valence-corrected chi connectivity index (χ0v) is 18.9. The Balaban J connectivity index is 1.23. The number of nitrogens with zero attached hydrogens (tertiary/aromatic N) is 5. The summed E-state index contributed by atoms with van der Waals surface area (Å²) in [4.78, 5) is 9.04. The molecule has 0 spiro atoms. The number of imidazole rings is 1. The molecule has 4 heterocycles. The van der Waals surface area contributed by atoms with E-state index in [0.717, 1.165) is 48.2 Å². The molecule has 0 bridgehead atoms. The molecule has 1 aromatic carbocycles. The third-order valence-electron chi connectivity index (χ3n) is 6.87. The van der Waals surface area contributed by atoms with Gasteiger partial charge in [-0.2, -0.15) is 10.1 Å². The van der Waals surface area contributed by atoms with E-state index in [1.54, 1.807) is 18.5 Å². The van der Waals surface area contributed by atoms with E-state index in [4.69, 9.17) is 9.26 Å². The SMILES string of the molecule is Fc1cc(OC2CCCC2)ccc1-c1[nH]ncc1-c1ccc2ncc(-c3noc(C4CC4)n3)n2c1. The van der Waals surface area contributed by atoms with Gasteiger partial charge in [0.25, 0.3) is 0 Å². The molecule has 5 aromatic rings. The monoisotopic (exact) mass is 470 g/mol. The van der Waals surface area contributed by atoms with Crippen molar-refractivity contribution in [2.24, 2.45) is 0 Å². The Kier molecular flexibility index (Phi) is 4.68. The van der Waals surface area contributed by atoms with Gasteiger partial charge in [0.2, 0.25) is 11.7 Å². The third kappa shape index (κ3) is 3.67. The molecule has 7 rings (SSSR count). The first kappa shape index (κ1) is 20.4. The van der Waals surface area contributed by atoms with Crippen LogP contribution in [0.3, 0.4) is 0 Å². The molecule has 4 aromatic heterocycles. The largest absolute Gasteiger partial charge is 0.490 e. The fraction of sp³-hybridized carbons (Fsp3) is 0.308. The standard InChI is InChI=1S/C26H23FN6O2/c27-21-11-18(34-17-3-1-2-4-17)8-9-19(21)24-20(12-29-31-24)16-7-10-23-28-13-22(33(23)14-16)25-30-26(35-32-25)15-5-6-15/h7-15,17H,1-6H2,(H,29,31). The zero-order valence-electron chi connectivity index (χ0n) is 18.9. The van der Waals surface area contributed by atoms with Gasteiger partial charge in [-0.15, -0.1) is 0 Å². The minimum atomic E-state index is -0.352. The van der Waals surface area contributed by atoms with Crippen LogP contribution in [0.1, 0.15) is 50.3 Å². The fourth-order valence-corrected chi connectivity index (χ4v) is 4.82. The van der Waals surface area contributed by atoms with Crippen LogP contribution in [0.5, 0.6) is 5.75 Å². The first-order chi connectivity index (χ1) is 17.2. The van der Waals surface area contributed by atoms with E-state index in [-0.39, 0.29) is 11.9 Å². The quantitative estimate of drug-likeness (QED) is 0.338. The predicted molar refractivity (Wildman–Crippen MR) is 126 cm³/mol. The number of H-pyrrole nitrogens is 1. The smallest absolute Gasteiger partial charge is 0.230 e. The van der Waals surface area contributed by atoms with Crippen molar-refractivity contribution < 1.29 is 13.7 Å². The van der Waals surface area contributed by atoms with Gasteiger partial charge in [-0.3, -0.25) is 9.50 Å². The lowest BCUT2D eigenvalue weighted by Crippen LogP contribution is -2.10. The Morgan fingerprint density at radius 2 is 1.91 bits per heavy atom. The Bertz CT molecular complexity index is 1530. The van der Waals surface area contributed by atoms with E-state index >= 15 is 4.39 Å². The summed E-state index contributed by atoms with van der Waals surface area (Å²) >= 11 is 0. The molecule has 0 aliphatic heterocycles. The highest BCUT2D eigenvalue weighted by Crippen LogP contribution is 2.40. The lowest BCUT2D eigenvalue weighted by molar-refractivity contribution is 0.209. The van der Waals surface area contributed by atoms with Crippen LogP contribution in [0.4, 0.5) is 4.39 Å². The molecule has 35 heavy (non-hydrogen) atoms. The second-order valence-corrected chi connectivity index (χ2v) is 9.34. The van der Waals surface area contributed by atoms with Gasteiger partial charge in [-0.1, -0.05) is 5.16 Å². The molecule has 176 valence electrons. The fourth-order valence-electron chi connectivity index (χ4n) is 4.82. The summed E-state index contributed by atoms with van der Waals surface area (Å²) in [6.45, 7) is 0. The first-order valence-electron chi connectivity index (χ1n) is 12.0. The normalized spacial score (nSPS) is 16.4. The number of nitrogens with one attached hydrogen (secondary N) is 1. The number of ether oxygens (including phenoxy) is 1.